The second kappa shape index (κ2) is 6.04. The number of piperazine rings is 1. The van der Waals surface area contributed by atoms with Crippen molar-refractivity contribution in [2.75, 3.05) is 31.1 Å². The molecule has 130 valence electrons. The average Bonchev–Trinajstić information content (AvgIpc) is 3.06. The highest BCUT2D eigenvalue weighted by molar-refractivity contribution is 6.12. The Hall–Kier alpha value is -3.05. The third kappa shape index (κ3) is 2.32. The molecule has 0 radical (unpaired) electrons. The third-order valence-corrected chi connectivity index (χ3v) is 5.14. The lowest BCUT2D eigenvalue weighted by molar-refractivity contribution is 0.588. The molecule has 1 aliphatic heterocycles. The Morgan fingerprint density at radius 3 is 2.35 bits per heavy atom. The zero-order valence-electron chi connectivity index (χ0n) is 14.4. The van der Waals surface area contributed by atoms with E-state index in [4.69, 9.17) is 0 Å². The number of pyridine rings is 1. The van der Waals surface area contributed by atoms with Crippen molar-refractivity contribution >= 4 is 27.6 Å². The second-order valence-electron chi connectivity index (χ2n) is 6.70. The highest BCUT2D eigenvalue weighted by atomic mass is 16.1. The predicted octanol–water partition coefficient (Wildman–Crippen LogP) is 3.09. The molecule has 5 rings (SSSR count). The maximum atomic E-state index is 13.1. The Morgan fingerprint density at radius 1 is 0.808 bits per heavy atom. The third-order valence-electron chi connectivity index (χ3n) is 5.14. The molecule has 5 nitrogen and oxygen atoms in total. The van der Waals surface area contributed by atoms with Gasteiger partial charge < -0.3 is 20.2 Å². The number of fused-ring (bicyclic) bond motifs is 3. The number of aromatic nitrogens is 2. The first-order chi connectivity index (χ1) is 12.8. The van der Waals surface area contributed by atoms with Gasteiger partial charge in [0.15, 0.2) is 0 Å². The normalized spacial score (nSPS) is 15.0. The van der Waals surface area contributed by atoms with Crippen LogP contribution >= 0.6 is 0 Å². The van der Waals surface area contributed by atoms with Crippen LogP contribution in [-0.4, -0.2) is 36.1 Å². The van der Waals surface area contributed by atoms with E-state index in [0.717, 1.165) is 64.9 Å². The molecule has 1 fully saturated rings. The number of rotatable bonds is 2. The number of nitrogens with one attached hydrogen (secondary N) is 3. The Balaban J connectivity index is 1.89. The molecule has 0 amide bonds. The van der Waals surface area contributed by atoms with Gasteiger partial charge in [-0.1, -0.05) is 48.5 Å². The molecule has 0 spiro atoms. The Bertz CT molecular complexity index is 1140. The highest BCUT2D eigenvalue weighted by Gasteiger charge is 2.23. The summed E-state index contributed by atoms with van der Waals surface area (Å²) < 4.78 is 0. The summed E-state index contributed by atoms with van der Waals surface area (Å²) in [6.45, 7) is 3.43. The second-order valence-corrected chi connectivity index (χ2v) is 6.70. The zero-order chi connectivity index (χ0) is 17.5. The lowest BCUT2D eigenvalue weighted by Crippen LogP contribution is -2.45. The number of para-hydroxylation sites is 1. The van der Waals surface area contributed by atoms with Crippen LogP contribution in [0.25, 0.3) is 33.1 Å². The van der Waals surface area contributed by atoms with E-state index < -0.39 is 0 Å². The predicted molar refractivity (Wildman–Crippen MR) is 107 cm³/mol. The molecule has 2 aromatic carbocycles. The lowest BCUT2D eigenvalue weighted by Gasteiger charge is -2.30. The minimum Gasteiger partial charge on any atom is -0.364 e. The average molecular weight is 344 g/mol. The Labute approximate surface area is 150 Å². The summed E-state index contributed by atoms with van der Waals surface area (Å²) in [5.41, 5.74) is 5.69. The van der Waals surface area contributed by atoms with Crippen LogP contribution in [0, 0.1) is 0 Å². The molecule has 0 bridgehead atoms. The number of anilines is 1. The first kappa shape index (κ1) is 15.2. The van der Waals surface area contributed by atoms with E-state index in [1.54, 1.807) is 0 Å². The number of H-pyrrole nitrogens is 2. The molecule has 0 saturated carbocycles. The van der Waals surface area contributed by atoms with Crippen LogP contribution in [0.1, 0.15) is 0 Å². The SMILES string of the molecule is O=c1[nH]c2c([nH]c3ccccc32)c(-c2ccccc2)c1N1CCNCC1. The van der Waals surface area contributed by atoms with E-state index >= 15 is 0 Å². The fraction of sp³-hybridized carbons (Fsp3) is 0.190. The molecule has 4 aromatic rings. The highest BCUT2D eigenvalue weighted by Crippen LogP contribution is 2.36. The summed E-state index contributed by atoms with van der Waals surface area (Å²) in [6.07, 6.45) is 0. The molecule has 1 saturated heterocycles. The van der Waals surface area contributed by atoms with E-state index in [1.165, 1.54) is 0 Å². The van der Waals surface area contributed by atoms with Gasteiger partial charge >= 0.3 is 0 Å². The van der Waals surface area contributed by atoms with E-state index in [0.29, 0.717) is 0 Å². The van der Waals surface area contributed by atoms with Crippen molar-refractivity contribution in [1.82, 2.24) is 15.3 Å². The summed E-state index contributed by atoms with van der Waals surface area (Å²) in [4.78, 5) is 22.0. The standard InChI is InChI=1S/C21H20N4O/c26-21-20(25-12-10-22-11-13-25)17(14-6-2-1-3-7-14)19-18(24-21)15-8-4-5-9-16(15)23-19/h1-9,22-23H,10-13H2,(H,24,26). The summed E-state index contributed by atoms with van der Waals surface area (Å²) in [5, 5.41) is 4.41. The van der Waals surface area contributed by atoms with Crippen molar-refractivity contribution in [2.24, 2.45) is 0 Å². The minimum atomic E-state index is -0.0250. The molecule has 26 heavy (non-hydrogen) atoms. The van der Waals surface area contributed by atoms with Crippen LogP contribution in [0.5, 0.6) is 0 Å². The van der Waals surface area contributed by atoms with Gasteiger partial charge in [-0.15, -0.1) is 0 Å². The van der Waals surface area contributed by atoms with Gasteiger partial charge in [0.2, 0.25) is 0 Å². The van der Waals surface area contributed by atoms with Crippen LogP contribution in [0.15, 0.2) is 59.4 Å². The first-order valence-electron chi connectivity index (χ1n) is 9.01. The summed E-state index contributed by atoms with van der Waals surface area (Å²) in [5.74, 6) is 0. The molecule has 0 aliphatic carbocycles. The zero-order valence-corrected chi connectivity index (χ0v) is 14.4. The van der Waals surface area contributed by atoms with Gasteiger partial charge in [-0.3, -0.25) is 4.79 Å². The first-order valence-corrected chi connectivity index (χ1v) is 9.01. The monoisotopic (exact) mass is 344 g/mol. The van der Waals surface area contributed by atoms with Gasteiger partial charge in [-0.05, 0) is 11.6 Å². The quantitative estimate of drug-likeness (QED) is 0.524. The Morgan fingerprint density at radius 2 is 1.54 bits per heavy atom. The van der Waals surface area contributed by atoms with E-state index in [9.17, 15) is 4.79 Å². The maximum Gasteiger partial charge on any atom is 0.272 e. The van der Waals surface area contributed by atoms with Crippen molar-refractivity contribution in [1.29, 1.82) is 0 Å². The Kier molecular flexibility index (Phi) is 3.53. The molecule has 3 heterocycles. The van der Waals surface area contributed by atoms with Crippen molar-refractivity contribution < 1.29 is 0 Å². The molecule has 0 atom stereocenters. The van der Waals surface area contributed by atoms with Crippen LogP contribution in [0.2, 0.25) is 0 Å². The van der Waals surface area contributed by atoms with E-state index in [-0.39, 0.29) is 5.56 Å². The smallest absolute Gasteiger partial charge is 0.272 e. The number of hydrogen-bond acceptors (Lipinski definition) is 3. The topological polar surface area (TPSA) is 63.9 Å². The largest absolute Gasteiger partial charge is 0.364 e. The van der Waals surface area contributed by atoms with Gasteiger partial charge in [0.1, 0.15) is 5.69 Å². The van der Waals surface area contributed by atoms with Crippen LogP contribution in [-0.2, 0) is 0 Å². The molecule has 5 heteroatoms. The molecule has 1 aliphatic rings. The molecule has 2 aromatic heterocycles. The summed E-state index contributed by atoms with van der Waals surface area (Å²) in [7, 11) is 0. The molecule has 0 unspecified atom stereocenters. The number of benzene rings is 2. The summed E-state index contributed by atoms with van der Waals surface area (Å²) in [6, 6.07) is 18.3. The van der Waals surface area contributed by atoms with Crippen molar-refractivity contribution in [2.45, 2.75) is 0 Å². The number of aromatic amines is 2. The van der Waals surface area contributed by atoms with Gasteiger partial charge in [0.25, 0.3) is 5.56 Å². The maximum absolute atomic E-state index is 13.1. The lowest BCUT2D eigenvalue weighted by atomic mass is 10.0. The van der Waals surface area contributed by atoms with E-state index in [2.05, 4.69) is 32.3 Å². The van der Waals surface area contributed by atoms with Crippen LogP contribution < -0.4 is 15.8 Å². The fourth-order valence-corrected chi connectivity index (χ4v) is 3.94. The summed E-state index contributed by atoms with van der Waals surface area (Å²) >= 11 is 0. The van der Waals surface area contributed by atoms with Gasteiger partial charge in [0.05, 0.1) is 11.0 Å². The van der Waals surface area contributed by atoms with Crippen LogP contribution in [0.3, 0.4) is 0 Å². The fourth-order valence-electron chi connectivity index (χ4n) is 3.94. The van der Waals surface area contributed by atoms with Gasteiger partial charge in [-0.25, -0.2) is 0 Å². The number of hydrogen-bond donors (Lipinski definition) is 3. The van der Waals surface area contributed by atoms with Gasteiger partial charge in [0, 0.05) is 42.6 Å². The molecular weight excluding hydrogens is 324 g/mol. The van der Waals surface area contributed by atoms with Crippen LogP contribution in [0.4, 0.5) is 5.69 Å². The van der Waals surface area contributed by atoms with Crippen molar-refractivity contribution in [3.05, 3.63) is 65.0 Å². The van der Waals surface area contributed by atoms with E-state index in [1.807, 2.05) is 42.5 Å². The van der Waals surface area contributed by atoms with Gasteiger partial charge in [-0.2, -0.15) is 0 Å². The minimum absolute atomic E-state index is 0.0250. The van der Waals surface area contributed by atoms with Crippen molar-refractivity contribution in [3.8, 4) is 11.1 Å². The number of nitrogens with zero attached hydrogens (tertiary/aromatic N) is 1. The molecule has 3 N–H and O–H groups in total. The van der Waals surface area contributed by atoms with Crippen molar-refractivity contribution in [3.63, 3.8) is 0 Å². The molecular formula is C21H20N4O.